The molecule has 2 aliphatic heterocycles. The van der Waals surface area contributed by atoms with Gasteiger partial charge in [-0.25, -0.2) is 4.79 Å². The van der Waals surface area contributed by atoms with Gasteiger partial charge < -0.3 is 20.3 Å². The summed E-state index contributed by atoms with van der Waals surface area (Å²) < 4.78 is 5.55. The number of amides is 2. The van der Waals surface area contributed by atoms with E-state index >= 15 is 0 Å². The van der Waals surface area contributed by atoms with Gasteiger partial charge in [0, 0.05) is 53.0 Å². The highest BCUT2D eigenvalue weighted by Gasteiger charge is 2.47. The molecule has 0 saturated carbocycles. The van der Waals surface area contributed by atoms with Crippen LogP contribution in [0.1, 0.15) is 32.6 Å². The molecule has 2 saturated heterocycles. The normalized spacial score (nSPS) is 19.5. The minimum Gasteiger partial charge on any atom is -0.441 e. The summed E-state index contributed by atoms with van der Waals surface area (Å²) >= 11 is 0. The third-order valence-corrected chi connectivity index (χ3v) is 4.80. The Labute approximate surface area is 154 Å². The number of Topliss-reactive ketones (excluding diaryl/α,β-unsaturated/α-hetero) is 1. The molecular formula is C17H29N5O4. The number of carbonyl (C=O) groups excluding carboxylic acids is 3. The Hall–Kier alpha value is -2.32. The van der Waals surface area contributed by atoms with E-state index in [0.29, 0.717) is 51.4 Å². The summed E-state index contributed by atoms with van der Waals surface area (Å²) in [5.74, 6) is 0.760. The van der Waals surface area contributed by atoms with Crippen molar-refractivity contribution in [1.82, 2.24) is 20.4 Å². The van der Waals surface area contributed by atoms with E-state index in [1.807, 2.05) is 4.90 Å². The van der Waals surface area contributed by atoms with Crippen LogP contribution in [0.4, 0.5) is 4.79 Å². The SMILES string of the molecule is CN=C(NC)NCCCC(=O)N1CCC2(CC1)CN(CC(C)=O)C(=O)O2. The number of nitrogens with zero attached hydrogens (tertiary/aromatic N) is 3. The number of ketones is 1. The second-order valence-corrected chi connectivity index (χ2v) is 6.84. The number of nitrogens with one attached hydrogen (secondary N) is 2. The third kappa shape index (κ3) is 5.09. The number of guanidine groups is 1. The van der Waals surface area contributed by atoms with E-state index < -0.39 is 11.7 Å². The highest BCUT2D eigenvalue weighted by Crippen LogP contribution is 2.33. The Morgan fingerprint density at radius 2 is 2.00 bits per heavy atom. The molecule has 2 rings (SSSR count). The van der Waals surface area contributed by atoms with Crippen LogP contribution in [0.5, 0.6) is 0 Å². The molecule has 2 fully saturated rings. The van der Waals surface area contributed by atoms with Crippen LogP contribution in [0.2, 0.25) is 0 Å². The predicted molar refractivity (Wildman–Crippen MR) is 96.9 cm³/mol. The highest BCUT2D eigenvalue weighted by atomic mass is 16.6. The topological polar surface area (TPSA) is 103 Å². The lowest BCUT2D eigenvalue weighted by molar-refractivity contribution is -0.134. The van der Waals surface area contributed by atoms with E-state index in [4.69, 9.17) is 4.74 Å². The molecule has 0 aromatic rings. The largest absolute Gasteiger partial charge is 0.441 e. The number of hydrogen-bond donors (Lipinski definition) is 2. The van der Waals surface area contributed by atoms with Gasteiger partial charge in [-0.15, -0.1) is 0 Å². The number of likely N-dealkylation sites (tertiary alicyclic amines) is 1. The summed E-state index contributed by atoms with van der Waals surface area (Å²) in [4.78, 5) is 42.8. The van der Waals surface area contributed by atoms with E-state index in [2.05, 4.69) is 15.6 Å². The fourth-order valence-electron chi connectivity index (χ4n) is 3.39. The van der Waals surface area contributed by atoms with Crippen molar-refractivity contribution >= 4 is 23.7 Å². The predicted octanol–water partition coefficient (Wildman–Crippen LogP) is -0.0362. The minimum atomic E-state index is -0.551. The van der Waals surface area contributed by atoms with Gasteiger partial charge in [-0.3, -0.25) is 19.5 Å². The molecule has 2 aliphatic rings. The van der Waals surface area contributed by atoms with Gasteiger partial charge in [-0.2, -0.15) is 0 Å². The van der Waals surface area contributed by atoms with Crippen LogP contribution in [0, 0.1) is 0 Å². The van der Waals surface area contributed by atoms with Gasteiger partial charge in [-0.1, -0.05) is 0 Å². The van der Waals surface area contributed by atoms with Crippen LogP contribution < -0.4 is 10.6 Å². The number of piperidine rings is 1. The van der Waals surface area contributed by atoms with Gasteiger partial charge in [-0.05, 0) is 13.3 Å². The van der Waals surface area contributed by atoms with Crippen molar-refractivity contribution in [2.24, 2.45) is 4.99 Å². The molecule has 9 heteroatoms. The van der Waals surface area contributed by atoms with Crippen LogP contribution in [0.15, 0.2) is 4.99 Å². The second-order valence-electron chi connectivity index (χ2n) is 6.84. The zero-order chi connectivity index (χ0) is 19.2. The Bertz CT molecular complexity index is 570. The van der Waals surface area contributed by atoms with Crippen LogP contribution in [-0.2, 0) is 14.3 Å². The molecule has 0 unspecified atom stereocenters. The number of ether oxygens (including phenoxy) is 1. The minimum absolute atomic E-state index is 0.0604. The van der Waals surface area contributed by atoms with Crippen molar-refractivity contribution in [2.45, 2.75) is 38.2 Å². The van der Waals surface area contributed by atoms with Crippen LogP contribution >= 0.6 is 0 Å². The summed E-state index contributed by atoms with van der Waals surface area (Å²) in [5.41, 5.74) is -0.551. The van der Waals surface area contributed by atoms with Crippen molar-refractivity contribution in [3.63, 3.8) is 0 Å². The Morgan fingerprint density at radius 3 is 2.58 bits per heavy atom. The molecule has 1 spiro atoms. The molecule has 26 heavy (non-hydrogen) atoms. The number of carbonyl (C=O) groups is 3. The van der Waals surface area contributed by atoms with E-state index in [0.717, 1.165) is 6.42 Å². The highest BCUT2D eigenvalue weighted by molar-refractivity contribution is 5.83. The molecule has 0 aromatic carbocycles. The molecule has 9 nitrogen and oxygen atoms in total. The lowest BCUT2D eigenvalue weighted by Crippen LogP contribution is -2.49. The zero-order valence-electron chi connectivity index (χ0n) is 15.8. The molecule has 2 amide bonds. The Kier molecular flexibility index (Phi) is 6.82. The fraction of sp³-hybridized carbons (Fsp3) is 0.765. The van der Waals surface area contributed by atoms with Gasteiger partial charge in [0.15, 0.2) is 5.96 Å². The summed E-state index contributed by atoms with van der Waals surface area (Å²) in [5, 5.41) is 6.05. The monoisotopic (exact) mass is 367 g/mol. The number of aliphatic imine (C=N–C) groups is 1. The van der Waals surface area contributed by atoms with Crippen molar-refractivity contribution < 1.29 is 19.1 Å². The lowest BCUT2D eigenvalue weighted by Gasteiger charge is -2.37. The molecule has 0 radical (unpaired) electrons. The van der Waals surface area contributed by atoms with Crippen LogP contribution in [0.25, 0.3) is 0 Å². The maximum Gasteiger partial charge on any atom is 0.410 e. The standard InChI is InChI=1S/C17H29N5O4/c1-13(23)11-22-12-17(26-16(22)25)6-9-21(10-7-17)14(24)5-4-8-20-15(18-2)19-3/h4-12H2,1-3H3,(H2,18,19,20). The van der Waals surface area contributed by atoms with Crippen molar-refractivity contribution in [3.05, 3.63) is 0 Å². The maximum atomic E-state index is 12.3. The van der Waals surface area contributed by atoms with Crippen LogP contribution in [-0.4, -0.2) is 86.0 Å². The first kappa shape index (κ1) is 20.0. The van der Waals surface area contributed by atoms with Crippen molar-refractivity contribution in [1.29, 1.82) is 0 Å². The summed E-state index contributed by atoms with van der Waals surface area (Å²) in [6.45, 7) is 3.80. The summed E-state index contributed by atoms with van der Waals surface area (Å²) in [6.07, 6.45) is 2.00. The molecule has 2 N–H and O–H groups in total. The maximum absolute atomic E-state index is 12.3. The lowest BCUT2D eigenvalue weighted by atomic mass is 9.91. The van der Waals surface area contributed by atoms with Gasteiger partial charge in [0.2, 0.25) is 5.91 Å². The van der Waals surface area contributed by atoms with Crippen molar-refractivity contribution in [3.8, 4) is 0 Å². The van der Waals surface area contributed by atoms with Gasteiger partial charge >= 0.3 is 6.09 Å². The Balaban J connectivity index is 1.73. The molecule has 2 heterocycles. The summed E-state index contributed by atoms with van der Waals surface area (Å²) in [7, 11) is 3.48. The molecule has 0 bridgehead atoms. The smallest absolute Gasteiger partial charge is 0.410 e. The van der Waals surface area contributed by atoms with E-state index in [1.54, 1.807) is 14.1 Å². The van der Waals surface area contributed by atoms with Crippen LogP contribution in [0.3, 0.4) is 0 Å². The molecule has 0 aromatic heterocycles. The molecular weight excluding hydrogens is 338 g/mol. The molecule has 146 valence electrons. The number of rotatable bonds is 6. The second kappa shape index (κ2) is 8.86. The first-order valence-corrected chi connectivity index (χ1v) is 9.02. The van der Waals surface area contributed by atoms with E-state index in [-0.39, 0.29) is 18.2 Å². The third-order valence-electron chi connectivity index (χ3n) is 4.80. The summed E-state index contributed by atoms with van der Waals surface area (Å²) in [6, 6.07) is 0. The first-order chi connectivity index (χ1) is 12.4. The number of hydrogen-bond acceptors (Lipinski definition) is 5. The Morgan fingerprint density at radius 1 is 1.31 bits per heavy atom. The van der Waals surface area contributed by atoms with Crippen molar-refractivity contribution in [2.75, 3.05) is 46.8 Å². The average molecular weight is 367 g/mol. The van der Waals surface area contributed by atoms with Gasteiger partial charge in [0.25, 0.3) is 0 Å². The van der Waals surface area contributed by atoms with E-state index in [1.165, 1.54) is 11.8 Å². The zero-order valence-corrected chi connectivity index (χ0v) is 15.8. The quantitative estimate of drug-likeness (QED) is 0.388. The fourth-order valence-corrected chi connectivity index (χ4v) is 3.39. The first-order valence-electron chi connectivity index (χ1n) is 9.02. The molecule has 0 atom stereocenters. The van der Waals surface area contributed by atoms with E-state index in [9.17, 15) is 14.4 Å². The molecule has 0 aliphatic carbocycles. The van der Waals surface area contributed by atoms with Gasteiger partial charge in [0.05, 0.1) is 13.1 Å². The van der Waals surface area contributed by atoms with Gasteiger partial charge in [0.1, 0.15) is 11.4 Å². The average Bonchev–Trinajstić information content (AvgIpc) is 2.89.